The Bertz CT molecular complexity index is 628. The minimum Gasteiger partial charge on any atom is -0.481 e. The van der Waals surface area contributed by atoms with Crippen LogP contribution >= 0.6 is 15.9 Å². The second-order valence-electron chi connectivity index (χ2n) is 4.80. The molecule has 0 saturated carbocycles. The zero-order chi connectivity index (χ0) is 15.2. The zero-order valence-corrected chi connectivity index (χ0v) is 13.7. The fraction of sp³-hybridized carbons (Fsp3) is 0.235. The first-order chi connectivity index (χ1) is 10.1. The summed E-state index contributed by atoms with van der Waals surface area (Å²) in [7, 11) is 0. The van der Waals surface area contributed by atoms with Crippen LogP contribution in [-0.4, -0.2) is 12.0 Å². The van der Waals surface area contributed by atoms with Crippen molar-refractivity contribution in [3.05, 3.63) is 58.6 Å². The molecular formula is C17H18BrNO2. The van der Waals surface area contributed by atoms with Crippen LogP contribution in [0.4, 0.5) is 5.69 Å². The fourth-order valence-corrected chi connectivity index (χ4v) is 2.33. The second kappa shape index (κ2) is 7.27. The van der Waals surface area contributed by atoms with Crippen molar-refractivity contribution in [2.24, 2.45) is 0 Å². The summed E-state index contributed by atoms with van der Waals surface area (Å²) < 4.78 is 6.64. The second-order valence-corrected chi connectivity index (χ2v) is 5.65. The quantitative estimate of drug-likeness (QED) is 0.861. The Balaban J connectivity index is 2.07. The number of aryl methyl sites for hydroxylation is 1. The van der Waals surface area contributed by atoms with Gasteiger partial charge in [0.2, 0.25) is 0 Å². The summed E-state index contributed by atoms with van der Waals surface area (Å²) in [6.07, 6.45) is 0.0865. The van der Waals surface area contributed by atoms with Gasteiger partial charge in [-0.25, -0.2) is 0 Å². The number of benzene rings is 2. The molecule has 1 atom stereocenters. The lowest BCUT2D eigenvalue weighted by molar-refractivity contribution is -0.122. The van der Waals surface area contributed by atoms with Gasteiger partial charge in [-0.2, -0.15) is 0 Å². The van der Waals surface area contributed by atoms with Gasteiger partial charge in [-0.1, -0.05) is 31.2 Å². The molecule has 110 valence electrons. The number of anilines is 1. The smallest absolute Gasteiger partial charge is 0.265 e. The maximum atomic E-state index is 12.3. The number of ether oxygens (including phenoxy) is 1. The van der Waals surface area contributed by atoms with E-state index in [2.05, 4.69) is 21.2 Å². The molecule has 0 aromatic heterocycles. The lowest BCUT2D eigenvalue weighted by atomic mass is 10.2. The number of para-hydroxylation sites is 1. The number of hydrogen-bond acceptors (Lipinski definition) is 2. The summed E-state index contributed by atoms with van der Waals surface area (Å²) in [4.78, 5) is 12.3. The molecule has 0 spiro atoms. The first-order valence-electron chi connectivity index (χ1n) is 6.89. The number of nitrogens with one attached hydrogen (secondary N) is 1. The number of hydrogen-bond donors (Lipinski definition) is 1. The average molecular weight is 348 g/mol. The average Bonchev–Trinajstić information content (AvgIpc) is 2.47. The highest BCUT2D eigenvalue weighted by Gasteiger charge is 2.19. The molecule has 2 rings (SSSR count). The first-order valence-corrected chi connectivity index (χ1v) is 7.68. The van der Waals surface area contributed by atoms with Crippen molar-refractivity contribution in [2.45, 2.75) is 26.4 Å². The molecular weight excluding hydrogens is 330 g/mol. The highest BCUT2D eigenvalue weighted by molar-refractivity contribution is 9.10. The Labute approximate surface area is 133 Å². The van der Waals surface area contributed by atoms with E-state index in [1.165, 1.54) is 0 Å². The molecule has 0 bridgehead atoms. The van der Waals surface area contributed by atoms with Gasteiger partial charge in [-0.3, -0.25) is 4.79 Å². The largest absolute Gasteiger partial charge is 0.481 e. The first kappa shape index (κ1) is 15.6. The van der Waals surface area contributed by atoms with E-state index in [1.54, 1.807) is 0 Å². The predicted molar refractivity (Wildman–Crippen MR) is 88.7 cm³/mol. The highest BCUT2D eigenvalue weighted by atomic mass is 79.9. The van der Waals surface area contributed by atoms with Crippen LogP contribution in [-0.2, 0) is 4.79 Å². The summed E-state index contributed by atoms with van der Waals surface area (Å²) in [6, 6.07) is 15.2. The van der Waals surface area contributed by atoms with Crippen molar-refractivity contribution in [1.29, 1.82) is 0 Å². The maximum Gasteiger partial charge on any atom is 0.265 e. The topological polar surface area (TPSA) is 38.3 Å². The number of carbonyl (C=O) groups excluding carboxylic acids is 1. The Morgan fingerprint density at radius 3 is 2.67 bits per heavy atom. The van der Waals surface area contributed by atoms with Gasteiger partial charge in [-0.15, -0.1) is 0 Å². The van der Waals surface area contributed by atoms with Gasteiger partial charge in [0.15, 0.2) is 6.10 Å². The van der Waals surface area contributed by atoms with Crippen LogP contribution in [0.1, 0.15) is 18.9 Å². The van der Waals surface area contributed by atoms with E-state index in [4.69, 9.17) is 4.74 Å². The molecule has 3 nitrogen and oxygen atoms in total. The Morgan fingerprint density at radius 2 is 2.00 bits per heavy atom. The lowest BCUT2D eigenvalue weighted by Gasteiger charge is -2.18. The summed E-state index contributed by atoms with van der Waals surface area (Å²) in [5.74, 6) is 0.565. The van der Waals surface area contributed by atoms with Crippen LogP contribution in [0.5, 0.6) is 5.75 Å². The van der Waals surface area contributed by atoms with Crippen molar-refractivity contribution in [3.8, 4) is 5.75 Å². The molecule has 2 aromatic rings. The lowest BCUT2D eigenvalue weighted by Crippen LogP contribution is -2.32. The van der Waals surface area contributed by atoms with Crippen LogP contribution in [0.2, 0.25) is 0 Å². The summed E-state index contributed by atoms with van der Waals surface area (Å²) in [5, 5.41) is 2.89. The maximum absolute atomic E-state index is 12.3. The number of amides is 1. The van der Waals surface area contributed by atoms with Gasteiger partial charge in [-0.05, 0) is 59.1 Å². The third-order valence-electron chi connectivity index (χ3n) is 3.06. The van der Waals surface area contributed by atoms with Gasteiger partial charge in [0.25, 0.3) is 5.91 Å². The minimum absolute atomic E-state index is 0.147. The van der Waals surface area contributed by atoms with Crippen molar-refractivity contribution < 1.29 is 9.53 Å². The minimum atomic E-state index is -0.515. The summed E-state index contributed by atoms with van der Waals surface area (Å²) in [6.45, 7) is 3.93. The summed E-state index contributed by atoms with van der Waals surface area (Å²) >= 11 is 3.42. The van der Waals surface area contributed by atoms with Crippen LogP contribution in [0, 0.1) is 6.92 Å². The number of halogens is 1. The number of carbonyl (C=O) groups is 1. The Morgan fingerprint density at radius 1 is 1.24 bits per heavy atom. The molecule has 0 radical (unpaired) electrons. The van der Waals surface area contributed by atoms with Gasteiger partial charge in [0.1, 0.15) is 5.75 Å². The van der Waals surface area contributed by atoms with E-state index >= 15 is 0 Å². The van der Waals surface area contributed by atoms with E-state index in [0.717, 1.165) is 15.7 Å². The van der Waals surface area contributed by atoms with Crippen LogP contribution < -0.4 is 10.1 Å². The Hall–Kier alpha value is -1.81. The molecule has 4 heteroatoms. The van der Waals surface area contributed by atoms with E-state index in [-0.39, 0.29) is 5.91 Å². The molecule has 0 heterocycles. The van der Waals surface area contributed by atoms with Gasteiger partial charge in [0, 0.05) is 4.47 Å². The van der Waals surface area contributed by atoms with Crippen molar-refractivity contribution in [1.82, 2.24) is 0 Å². The van der Waals surface area contributed by atoms with Crippen molar-refractivity contribution in [3.63, 3.8) is 0 Å². The van der Waals surface area contributed by atoms with Crippen molar-refractivity contribution >= 4 is 27.5 Å². The molecule has 1 unspecified atom stereocenters. The normalized spacial score (nSPS) is 11.8. The monoisotopic (exact) mass is 347 g/mol. The molecule has 0 fully saturated rings. The standard InChI is InChI=1S/C17H18BrNO2/c1-3-16(21-13-8-6-7-12(2)11-13)17(20)19-15-10-5-4-9-14(15)18/h4-11,16H,3H2,1-2H3,(H,19,20). The Kier molecular flexibility index (Phi) is 5.39. The van der Waals surface area contributed by atoms with E-state index in [9.17, 15) is 4.79 Å². The third kappa shape index (κ3) is 4.33. The molecule has 1 N–H and O–H groups in total. The van der Waals surface area contributed by atoms with E-state index < -0.39 is 6.10 Å². The number of rotatable bonds is 5. The fourth-order valence-electron chi connectivity index (χ4n) is 1.95. The molecule has 0 saturated heterocycles. The van der Waals surface area contributed by atoms with E-state index in [1.807, 2.05) is 62.4 Å². The molecule has 0 aliphatic rings. The predicted octanol–water partition coefficient (Wildman–Crippen LogP) is 4.55. The van der Waals surface area contributed by atoms with Crippen LogP contribution in [0.15, 0.2) is 53.0 Å². The summed E-state index contributed by atoms with van der Waals surface area (Å²) in [5.41, 5.74) is 1.85. The van der Waals surface area contributed by atoms with Crippen molar-refractivity contribution in [2.75, 3.05) is 5.32 Å². The zero-order valence-electron chi connectivity index (χ0n) is 12.1. The van der Waals surface area contributed by atoms with Crippen LogP contribution in [0.3, 0.4) is 0 Å². The molecule has 0 aliphatic heterocycles. The highest BCUT2D eigenvalue weighted by Crippen LogP contribution is 2.22. The molecule has 21 heavy (non-hydrogen) atoms. The molecule has 0 aliphatic carbocycles. The van der Waals surface area contributed by atoms with Crippen LogP contribution in [0.25, 0.3) is 0 Å². The van der Waals surface area contributed by atoms with Gasteiger partial charge < -0.3 is 10.1 Å². The van der Waals surface area contributed by atoms with Gasteiger partial charge in [0.05, 0.1) is 5.69 Å². The third-order valence-corrected chi connectivity index (χ3v) is 3.75. The molecule has 1 amide bonds. The SMILES string of the molecule is CCC(Oc1cccc(C)c1)C(=O)Nc1ccccc1Br. The van der Waals surface area contributed by atoms with E-state index in [0.29, 0.717) is 12.2 Å². The molecule has 2 aromatic carbocycles. The van der Waals surface area contributed by atoms with Gasteiger partial charge >= 0.3 is 0 Å².